The third kappa shape index (κ3) is 5.14. The van der Waals surface area contributed by atoms with E-state index in [1.807, 2.05) is 31.2 Å². The van der Waals surface area contributed by atoms with E-state index in [0.29, 0.717) is 16.9 Å². The Balaban J connectivity index is 1.75. The third-order valence-electron chi connectivity index (χ3n) is 4.41. The Morgan fingerprint density at radius 1 is 1.07 bits per heavy atom. The fourth-order valence-electron chi connectivity index (χ4n) is 2.93. The van der Waals surface area contributed by atoms with Crippen LogP contribution < -0.4 is 16.0 Å². The molecule has 0 unspecified atom stereocenters. The number of rotatable bonds is 5. The normalized spacial score (nSPS) is 10.5. The molecule has 3 aromatic carbocycles. The zero-order valence-corrected chi connectivity index (χ0v) is 18.8. The highest BCUT2D eigenvalue weighted by Gasteiger charge is 2.17. The van der Waals surface area contributed by atoms with Crippen molar-refractivity contribution in [1.82, 2.24) is 0 Å². The highest BCUT2D eigenvalue weighted by Crippen LogP contribution is 2.34. The number of nitrogen functional groups attached to an aromatic ring is 1. The molecule has 0 atom stereocenters. The molecule has 0 aliphatic carbocycles. The molecule has 4 N–H and O–H groups in total. The Morgan fingerprint density at radius 3 is 2.37 bits per heavy atom. The van der Waals surface area contributed by atoms with Gasteiger partial charge in [-0.25, -0.2) is 4.79 Å². The van der Waals surface area contributed by atoms with Crippen LogP contribution in [0.25, 0.3) is 0 Å². The van der Waals surface area contributed by atoms with Crippen LogP contribution in [0.3, 0.4) is 0 Å². The summed E-state index contributed by atoms with van der Waals surface area (Å²) < 4.78 is 0.960. The van der Waals surface area contributed by atoms with Crippen molar-refractivity contribution >= 4 is 56.8 Å². The molecule has 3 aromatic rings. The molecule has 154 valence electrons. The molecule has 2 amide bonds. The maximum absolute atomic E-state index is 12.9. The summed E-state index contributed by atoms with van der Waals surface area (Å²) in [5, 5.41) is 11.0. The van der Waals surface area contributed by atoms with Gasteiger partial charge in [-0.1, -0.05) is 27.7 Å². The first kappa shape index (κ1) is 21.7. The molecule has 0 saturated carbocycles. The first-order valence-electron chi connectivity index (χ1n) is 8.96. The van der Waals surface area contributed by atoms with Crippen molar-refractivity contribution in [2.75, 3.05) is 23.0 Å². The molecule has 0 aliphatic rings. The second kappa shape index (κ2) is 9.23. The van der Waals surface area contributed by atoms with Gasteiger partial charge in [-0.3, -0.25) is 10.1 Å². The highest BCUT2D eigenvalue weighted by atomic mass is 79.9. The van der Waals surface area contributed by atoms with Crippen LogP contribution in [0.4, 0.5) is 21.9 Å². The lowest BCUT2D eigenvalue weighted by atomic mass is 10.1. The largest absolute Gasteiger partial charge is 0.465 e. The van der Waals surface area contributed by atoms with Crippen molar-refractivity contribution < 1.29 is 14.7 Å². The Morgan fingerprint density at radius 2 is 1.77 bits per heavy atom. The van der Waals surface area contributed by atoms with Crippen LogP contribution in [0, 0.1) is 6.92 Å². The Bertz CT molecular complexity index is 1100. The van der Waals surface area contributed by atoms with Gasteiger partial charge >= 0.3 is 6.09 Å². The first-order valence-corrected chi connectivity index (χ1v) is 10.6. The third-order valence-corrected chi connectivity index (χ3v) is 6.01. The maximum Gasteiger partial charge on any atom is 0.409 e. The summed E-state index contributed by atoms with van der Waals surface area (Å²) >= 11 is 4.88. The SMILES string of the molecule is Cc1cc(Br)ccc1N(C)C(=O)c1ccc(Sc2ccc(NC(=O)O)cc2)c(N)c1. The van der Waals surface area contributed by atoms with E-state index in [4.69, 9.17) is 10.8 Å². The van der Waals surface area contributed by atoms with Gasteiger partial charge in [-0.15, -0.1) is 0 Å². The molecule has 0 fully saturated rings. The van der Waals surface area contributed by atoms with E-state index in [-0.39, 0.29) is 5.91 Å². The van der Waals surface area contributed by atoms with Gasteiger partial charge in [0.05, 0.1) is 0 Å². The quantitative estimate of drug-likeness (QED) is 0.393. The second-order valence-corrected chi connectivity index (χ2v) is 8.64. The molecule has 0 bridgehead atoms. The Labute approximate surface area is 187 Å². The van der Waals surface area contributed by atoms with E-state index < -0.39 is 6.09 Å². The number of nitrogens with two attached hydrogens (primary N) is 1. The van der Waals surface area contributed by atoms with Gasteiger partial charge < -0.3 is 15.7 Å². The second-order valence-electron chi connectivity index (χ2n) is 6.60. The van der Waals surface area contributed by atoms with E-state index in [0.717, 1.165) is 25.5 Å². The standard InChI is InChI=1S/C22H20BrN3O3S/c1-13-11-15(23)4-9-19(13)26(2)21(27)14-3-10-20(18(24)12-14)30-17-7-5-16(6-8-17)25-22(28)29/h3-12,25H,24H2,1-2H3,(H,28,29). The molecule has 0 heterocycles. The number of nitrogens with one attached hydrogen (secondary N) is 1. The summed E-state index contributed by atoms with van der Waals surface area (Å²) in [6.45, 7) is 1.95. The molecule has 0 aliphatic heterocycles. The van der Waals surface area contributed by atoms with Gasteiger partial charge in [0.15, 0.2) is 0 Å². The van der Waals surface area contributed by atoms with Crippen molar-refractivity contribution in [3.8, 4) is 0 Å². The van der Waals surface area contributed by atoms with Crippen LogP contribution in [0.5, 0.6) is 0 Å². The summed E-state index contributed by atoms with van der Waals surface area (Å²) in [4.78, 5) is 26.9. The zero-order valence-electron chi connectivity index (χ0n) is 16.3. The number of nitrogens with zero attached hydrogens (tertiary/aromatic N) is 1. The molecule has 8 heteroatoms. The molecule has 0 spiro atoms. The fourth-order valence-corrected chi connectivity index (χ4v) is 4.24. The average molecular weight is 486 g/mol. The smallest absolute Gasteiger partial charge is 0.409 e. The van der Waals surface area contributed by atoms with E-state index in [1.54, 1.807) is 48.3 Å². The van der Waals surface area contributed by atoms with E-state index in [2.05, 4.69) is 21.2 Å². The van der Waals surface area contributed by atoms with Crippen LogP contribution in [-0.4, -0.2) is 24.2 Å². The van der Waals surface area contributed by atoms with Crippen LogP contribution in [0.15, 0.2) is 74.9 Å². The van der Waals surface area contributed by atoms with Gasteiger partial charge in [-0.05, 0) is 73.2 Å². The molecular formula is C22H20BrN3O3S. The van der Waals surface area contributed by atoms with Crippen molar-refractivity contribution in [2.45, 2.75) is 16.7 Å². The van der Waals surface area contributed by atoms with E-state index >= 15 is 0 Å². The molecule has 0 aromatic heterocycles. The van der Waals surface area contributed by atoms with Crippen LogP contribution in [-0.2, 0) is 0 Å². The van der Waals surface area contributed by atoms with Crippen LogP contribution in [0.2, 0.25) is 0 Å². The van der Waals surface area contributed by atoms with Crippen molar-refractivity contribution in [3.63, 3.8) is 0 Å². The van der Waals surface area contributed by atoms with Gasteiger partial charge in [0.25, 0.3) is 5.91 Å². The topological polar surface area (TPSA) is 95.7 Å². The zero-order chi connectivity index (χ0) is 21.8. The van der Waals surface area contributed by atoms with Crippen molar-refractivity contribution in [2.24, 2.45) is 0 Å². The predicted octanol–water partition coefficient (Wildman–Crippen LogP) is 5.86. The lowest BCUT2D eigenvalue weighted by Gasteiger charge is -2.20. The average Bonchev–Trinajstić information content (AvgIpc) is 2.69. The molecule has 0 saturated heterocycles. The summed E-state index contributed by atoms with van der Waals surface area (Å²) in [5.41, 5.74) is 9.51. The number of carboxylic acid groups (broad SMARTS) is 1. The number of anilines is 3. The maximum atomic E-state index is 12.9. The molecule has 30 heavy (non-hydrogen) atoms. The number of carbonyl (C=O) groups excluding carboxylic acids is 1. The number of aryl methyl sites for hydroxylation is 1. The van der Waals surface area contributed by atoms with Crippen LogP contribution in [0.1, 0.15) is 15.9 Å². The highest BCUT2D eigenvalue weighted by molar-refractivity contribution is 9.10. The van der Waals surface area contributed by atoms with Gasteiger partial charge in [-0.2, -0.15) is 0 Å². The fraction of sp³-hybridized carbons (Fsp3) is 0.0909. The number of halogens is 1. The number of hydrogen-bond acceptors (Lipinski definition) is 4. The molecular weight excluding hydrogens is 466 g/mol. The Kier molecular flexibility index (Phi) is 6.69. The number of amides is 2. The lowest BCUT2D eigenvalue weighted by Crippen LogP contribution is -2.27. The molecule has 0 radical (unpaired) electrons. The van der Waals surface area contributed by atoms with E-state index in [9.17, 15) is 9.59 Å². The minimum Gasteiger partial charge on any atom is -0.465 e. The van der Waals surface area contributed by atoms with Gasteiger partial charge in [0, 0.05) is 43.9 Å². The first-order chi connectivity index (χ1) is 14.2. The number of hydrogen-bond donors (Lipinski definition) is 3. The monoisotopic (exact) mass is 485 g/mol. The van der Waals surface area contributed by atoms with E-state index in [1.165, 1.54) is 11.8 Å². The van der Waals surface area contributed by atoms with Gasteiger partial charge in [0.2, 0.25) is 0 Å². The minimum atomic E-state index is -1.11. The summed E-state index contributed by atoms with van der Waals surface area (Å²) in [7, 11) is 1.74. The lowest BCUT2D eigenvalue weighted by molar-refractivity contribution is 0.0992. The summed E-state index contributed by atoms with van der Waals surface area (Å²) in [5.74, 6) is -0.146. The van der Waals surface area contributed by atoms with Crippen molar-refractivity contribution in [1.29, 1.82) is 0 Å². The Hall–Kier alpha value is -2.97. The molecule has 6 nitrogen and oxygen atoms in total. The number of benzene rings is 3. The predicted molar refractivity (Wildman–Crippen MR) is 125 cm³/mol. The summed E-state index contributed by atoms with van der Waals surface area (Å²) in [6.07, 6.45) is -1.11. The minimum absolute atomic E-state index is 0.146. The van der Waals surface area contributed by atoms with Crippen molar-refractivity contribution in [3.05, 3.63) is 76.3 Å². The van der Waals surface area contributed by atoms with Gasteiger partial charge in [0.1, 0.15) is 0 Å². The van der Waals surface area contributed by atoms with Crippen LogP contribution >= 0.6 is 27.7 Å². The number of carbonyl (C=O) groups is 2. The molecule has 3 rings (SSSR count). The summed E-state index contributed by atoms with van der Waals surface area (Å²) in [6, 6.07) is 18.0.